The van der Waals surface area contributed by atoms with Crippen LogP contribution in [0.4, 0.5) is 0 Å². The van der Waals surface area contributed by atoms with Crippen molar-refractivity contribution in [1.29, 1.82) is 0 Å². The molecule has 18 heavy (non-hydrogen) atoms. The topological polar surface area (TPSA) is 77.2 Å². The van der Waals surface area contributed by atoms with Crippen molar-refractivity contribution >= 4 is 5.97 Å². The van der Waals surface area contributed by atoms with Gasteiger partial charge in [-0.25, -0.2) is 9.48 Å². The second-order valence-electron chi connectivity index (χ2n) is 4.73. The molecule has 6 heteroatoms. The van der Waals surface area contributed by atoms with Crippen molar-refractivity contribution < 1.29 is 14.6 Å². The first-order valence-corrected chi connectivity index (χ1v) is 6.23. The highest BCUT2D eigenvalue weighted by atomic mass is 16.5. The van der Waals surface area contributed by atoms with E-state index in [1.165, 1.54) is 0 Å². The summed E-state index contributed by atoms with van der Waals surface area (Å²) in [7, 11) is 0. The number of aromatic nitrogens is 3. The maximum Gasteiger partial charge on any atom is 0.360 e. The molecular weight excluding hydrogens is 234 g/mol. The minimum atomic E-state index is -0.535. The summed E-state index contributed by atoms with van der Waals surface area (Å²) in [5.41, 5.74) is 0.982. The average molecular weight is 255 g/mol. The Morgan fingerprint density at radius 1 is 1.44 bits per heavy atom. The molecular formula is C12H21N3O3. The fourth-order valence-corrected chi connectivity index (χ4v) is 1.68. The number of nitrogens with zero attached hydrogens (tertiary/aromatic N) is 3. The van der Waals surface area contributed by atoms with Gasteiger partial charge < -0.3 is 9.84 Å². The molecule has 1 N–H and O–H groups in total. The largest absolute Gasteiger partial charge is 0.461 e. The number of rotatable bonds is 6. The summed E-state index contributed by atoms with van der Waals surface area (Å²) >= 11 is 0. The van der Waals surface area contributed by atoms with Gasteiger partial charge in [-0.3, -0.25) is 0 Å². The smallest absolute Gasteiger partial charge is 0.360 e. The monoisotopic (exact) mass is 255 g/mol. The predicted molar refractivity (Wildman–Crippen MR) is 66.2 cm³/mol. The van der Waals surface area contributed by atoms with Crippen LogP contribution in [0, 0.1) is 5.92 Å². The molecule has 0 bridgehead atoms. The third-order valence-corrected chi connectivity index (χ3v) is 2.35. The van der Waals surface area contributed by atoms with Crippen LogP contribution >= 0.6 is 0 Å². The SMILES string of the molecule is CCOC(=O)c1nnn(CC(C)O)c1CC(C)C. The van der Waals surface area contributed by atoms with Gasteiger partial charge in [-0.2, -0.15) is 0 Å². The first kappa shape index (κ1) is 14.6. The third kappa shape index (κ3) is 3.80. The fourth-order valence-electron chi connectivity index (χ4n) is 1.68. The van der Waals surface area contributed by atoms with Gasteiger partial charge in [-0.05, 0) is 26.2 Å². The van der Waals surface area contributed by atoms with Crippen LogP contribution in [-0.2, 0) is 17.7 Å². The second kappa shape index (κ2) is 6.49. The number of hydrogen-bond donors (Lipinski definition) is 1. The van der Waals surface area contributed by atoms with Gasteiger partial charge in [0.15, 0.2) is 5.69 Å². The van der Waals surface area contributed by atoms with Crippen molar-refractivity contribution in [2.45, 2.75) is 46.8 Å². The summed E-state index contributed by atoms with van der Waals surface area (Å²) < 4.78 is 6.53. The Morgan fingerprint density at radius 3 is 2.61 bits per heavy atom. The Morgan fingerprint density at radius 2 is 2.11 bits per heavy atom. The Balaban J connectivity index is 3.02. The van der Waals surface area contributed by atoms with Gasteiger partial charge in [0.1, 0.15) is 0 Å². The molecule has 0 aliphatic rings. The lowest BCUT2D eigenvalue weighted by atomic mass is 10.1. The lowest BCUT2D eigenvalue weighted by Crippen LogP contribution is -2.18. The maximum absolute atomic E-state index is 11.7. The highest BCUT2D eigenvalue weighted by molar-refractivity contribution is 5.88. The summed E-state index contributed by atoms with van der Waals surface area (Å²) in [6, 6.07) is 0. The summed E-state index contributed by atoms with van der Waals surface area (Å²) in [6.07, 6.45) is 0.140. The molecule has 0 saturated heterocycles. The van der Waals surface area contributed by atoms with E-state index in [4.69, 9.17) is 4.74 Å². The second-order valence-corrected chi connectivity index (χ2v) is 4.73. The van der Waals surface area contributed by atoms with Crippen molar-refractivity contribution in [1.82, 2.24) is 15.0 Å². The first-order valence-electron chi connectivity index (χ1n) is 6.23. The number of carbonyl (C=O) groups excluding carboxylic acids is 1. The van der Waals surface area contributed by atoms with E-state index in [-0.39, 0.29) is 5.69 Å². The minimum Gasteiger partial charge on any atom is -0.461 e. The number of ether oxygens (including phenoxy) is 1. The van der Waals surface area contributed by atoms with E-state index in [0.29, 0.717) is 25.5 Å². The van der Waals surface area contributed by atoms with Crippen LogP contribution in [-0.4, -0.2) is 38.8 Å². The van der Waals surface area contributed by atoms with E-state index in [9.17, 15) is 9.90 Å². The zero-order valence-electron chi connectivity index (χ0n) is 11.4. The maximum atomic E-state index is 11.7. The van der Waals surface area contributed by atoms with Crippen molar-refractivity contribution in [2.24, 2.45) is 5.92 Å². The number of aliphatic hydroxyl groups excluding tert-OH is 1. The lowest BCUT2D eigenvalue weighted by molar-refractivity contribution is 0.0517. The molecule has 6 nitrogen and oxygen atoms in total. The van der Waals surface area contributed by atoms with Gasteiger partial charge in [-0.1, -0.05) is 19.1 Å². The average Bonchev–Trinajstić information content (AvgIpc) is 2.60. The van der Waals surface area contributed by atoms with E-state index in [2.05, 4.69) is 24.2 Å². The molecule has 1 aromatic heterocycles. The number of carbonyl (C=O) groups is 1. The van der Waals surface area contributed by atoms with E-state index >= 15 is 0 Å². The van der Waals surface area contributed by atoms with Crippen molar-refractivity contribution in [2.75, 3.05) is 6.61 Å². The van der Waals surface area contributed by atoms with Gasteiger partial charge in [0.05, 0.1) is 24.9 Å². The Labute approximate surface area is 107 Å². The summed E-state index contributed by atoms with van der Waals surface area (Å²) in [4.78, 5) is 11.7. The molecule has 0 aliphatic carbocycles. The van der Waals surface area contributed by atoms with Crippen molar-refractivity contribution in [3.8, 4) is 0 Å². The van der Waals surface area contributed by atoms with Gasteiger partial charge >= 0.3 is 5.97 Å². The van der Waals surface area contributed by atoms with Crippen LogP contribution in [0.1, 0.15) is 43.9 Å². The molecule has 1 unspecified atom stereocenters. The highest BCUT2D eigenvalue weighted by Crippen LogP contribution is 2.13. The summed E-state index contributed by atoms with van der Waals surface area (Å²) in [6.45, 7) is 8.16. The van der Waals surface area contributed by atoms with Gasteiger partial charge in [0.25, 0.3) is 0 Å². The molecule has 0 aromatic carbocycles. The number of hydrogen-bond acceptors (Lipinski definition) is 5. The fraction of sp³-hybridized carbons (Fsp3) is 0.750. The summed E-state index contributed by atoms with van der Waals surface area (Å²) in [5.74, 6) is -0.0885. The minimum absolute atomic E-state index is 0.256. The van der Waals surface area contributed by atoms with Crippen LogP contribution in [0.15, 0.2) is 0 Å². The van der Waals surface area contributed by atoms with Crippen LogP contribution in [0.25, 0.3) is 0 Å². The number of aliphatic hydroxyl groups is 1. The Hall–Kier alpha value is -1.43. The third-order valence-electron chi connectivity index (χ3n) is 2.35. The van der Waals surface area contributed by atoms with E-state index < -0.39 is 12.1 Å². The van der Waals surface area contributed by atoms with Crippen molar-refractivity contribution in [3.63, 3.8) is 0 Å². The molecule has 102 valence electrons. The van der Waals surface area contributed by atoms with Crippen molar-refractivity contribution in [3.05, 3.63) is 11.4 Å². The Bertz CT molecular complexity index is 399. The van der Waals surface area contributed by atoms with Crippen LogP contribution < -0.4 is 0 Å². The van der Waals surface area contributed by atoms with Crippen LogP contribution in [0.5, 0.6) is 0 Å². The lowest BCUT2D eigenvalue weighted by Gasteiger charge is -2.11. The standard InChI is InChI=1S/C12H21N3O3/c1-5-18-12(17)11-10(6-8(2)3)15(14-13-11)7-9(4)16/h8-9,16H,5-7H2,1-4H3. The molecule has 1 aromatic rings. The molecule has 1 heterocycles. The molecule has 0 radical (unpaired) electrons. The van der Waals surface area contributed by atoms with Gasteiger partial charge in [-0.15, -0.1) is 5.10 Å². The molecule has 0 saturated carbocycles. The normalized spacial score (nSPS) is 12.8. The van der Waals surface area contributed by atoms with Crippen LogP contribution in [0.2, 0.25) is 0 Å². The molecule has 0 spiro atoms. The highest BCUT2D eigenvalue weighted by Gasteiger charge is 2.21. The zero-order chi connectivity index (χ0) is 13.7. The van der Waals surface area contributed by atoms with E-state index in [1.807, 2.05) is 0 Å². The predicted octanol–water partition coefficient (Wildman–Crippen LogP) is 1.03. The summed E-state index contributed by atoms with van der Waals surface area (Å²) in [5, 5.41) is 17.2. The molecule has 0 aliphatic heterocycles. The molecule has 0 amide bonds. The van der Waals surface area contributed by atoms with E-state index in [0.717, 1.165) is 5.69 Å². The number of esters is 1. The molecule has 0 fully saturated rings. The quantitative estimate of drug-likeness (QED) is 0.768. The van der Waals surface area contributed by atoms with E-state index in [1.54, 1.807) is 18.5 Å². The molecule has 1 rings (SSSR count). The van der Waals surface area contributed by atoms with Gasteiger partial charge in [0, 0.05) is 0 Å². The van der Waals surface area contributed by atoms with Crippen LogP contribution in [0.3, 0.4) is 0 Å². The molecule has 1 atom stereocenters. The first-order chi connectivity index (χ1) is 8.45. The Kier molecular flexibility index (Phi) is 5.27. The van der Waals surface area contributed by atoms with Gasteiger partial charge in [0.2, 0.25) is 0 Å². The zero-order valence-corrected chi connectivity index (χ0v) is 11.4.